The zero-order chi connectivity index (χ0) is 20.6. The van der Waals surface area contributed by atoms with Crippen LogP contribution in [0.15, 0.2) is 62.7 Å². The summed E-state index contributed by atoms with van der Waals surface area (Å²) in [4.78, 5) is 15.1. The zero-order valence-electron chi connectivity index (χ0n) is 15.1. The van der Waals surface area contributed by atoms with Crippen molar-refractivity contribution in [3.63, 3.8) is 0 Å². The summed E-state index contributed by atoms with van der Waals surface area (Å²) >= 11 is 0.435. The minimum absolute atomic E-state index is 0.146. The molecule has 0 unspecified atom stereocenters. The van der Waals surface area contributed by atoms with E-state index in [4.69, 9.17) is 0 Å². The third-order valence-electron chi connectivity index (χ3n) is 4.79. The van der Waals surface area contributed by atoms with Gasteiger partial charge in [-0.25, -0.2) is 0 Å². The lowest BCUT2D eigenvalue weighted by molar-refractivity contribution is -0.119. The third-order valence-corrected chi connectivity index (χ3v) is 6.83. The van der Waals surface area contributed by atoms with Crippen molar-refractivity contribution in [3.8, 4) is 0 Å². The summed E-state index contributed by atoms with van der Waals surface area (Å²) in [7, 11) is -3.76. The largest absolute Gasteiger partial charge is 0.343 e. The molecule has 152 valence electrons. The Hall–Kier alpha value is -2.46. The Kier molecular flexibility index (Phi) is 5.30. The van der Waals surface area contributed by atoms with E-state index in [0.29, 0.717) is 46.7 Å². The van der Waals surface area contributed by atoms with Gasteiger partial charge in [0.25, 0.3) is 15.8 Å². The molecule has 6 nitrogen and oxygen atoms in total. The van der Waals surface area contributed by atoms with Crippen molar-refractivity contribution >= 4 is 39.2 Å². The molecule has 0 spiro atoms. The maximum absolute atomic E-state index is 12.8. The van der Waals surface area contributed by atoms with Crippen LogP contribution < -0.4 is 5.32 Å². The van der Waals surface area contributed by atoms with E-state index in [9.17, 15) is 22.0 Å². The number of hydrogen-bond donors (Lipinski definition) is 1. The highest BCUT2D eigenvalue weighted by molar-refractivity contribution is 7.99. The number of fused-ring (bicyclic) bond motifs is 1. The molecule has 0 saturated carbocycles. The van der Waals surface area contributed by atoms with Gasteiger partial charge in [-0.2, -0.15) is 17.2 Å². The van der Waals surface area contributed by atoms with Gasteiger partial charge in [-0.1, -0.05) is 23.9 Å². The Labute approximate surface area is 171 Å². The van der Waals surface area contributed by atoms with Crippen LogP contribution in [0.5, 0.6) is 0 Å². The predicted molar refractivity (Wildman–Crippen MR) is 107 cm³/mol. The van der Waals surface area contributed by atoms with Gasteiger partial charge in [-0.15, -0.1) is 4.40 Å². The molecule has 2 aliphatic rings. The van der Waals surface area contributed by atoms with Crippen molar-refractivity contribution in [2.45, 2.75) is 34.4 Å². The van der Waals surface area contributed by atoms with Gasteiger partial charge >= 0.3 is 0 Å². The number of thioether (sulfide) groups is 1. The Morgan fingerprint density at radius 3 is 2.62 bits per heavy atom. The highest BCUT2D eigenvalue weighted by Gasteiger charge is 2.39. The Morgan fingerprint density at radius 1 is 1.17 bits per heavy atom. The number of anilines is 1. The topological polar surface area (TPSA) is 78.8 Å². The second-order valence-electron chi connectivity index (χ2n) is 6.63. The number of carbonyl (C=O) groups excluding carboxylic acids is 1. The first-order chi connectivity index (χ1) is 13.8. The number of carbonyl (C=O) groups is 1. The van der Waals surface area contributed by atoms with E-state index in [1.807, 2.05) is 0 Å². The Morgan fingerprint density at radius 2 is 1.90 bits per heavy atom. The fourth-order valence-corrected chi connectivity index (χ4v) is 5.25. The molecule has 1 N–H and O–H groups in total. The first-order valence-corrected chi connectivity index (χ1v) is 11.2. The van der Waals surface area contributed by atoms with Gasteiger partial charge in [0.2, 0.25) is 5.91 Å². The lowest BCUT2D eigenvalue weighted by Gasteiger charge is -2.25. The standard InChI is InChI=1S/C19H17F2N3O3S2/c20-19(21)28-13-9-7-12(8-10-13)22-18(25)15-5-3-11-24(15)17-14-4-1-2-6-16(14)29(26,27)23-17/h1-2,4,6-10,15,19H,3,5,11H2,(H,22,25)/t15-/m0/s1. The average molecular weight is 437 g/mol. The Balaban J connectivity index is 1.53. The van der Waals surface area contributed by atoms with E-state index >= 15 is 0 Å². The monoisotopic (exact) mass is 437 g/mol. The molecule has 0 aromatic heterocycles. The predicted octanol–water partition coefficient (Wildman–Crippen LogP) is 3.55. The van der Waals surface area contributed by atoms with Crippen LogP contribution in [0.25, 0.3) is 0 Å². The highest BCUT2D eigenvalue weighted by atomic mass is 32.2. The number of amides is 1. The summed E-state index contributed by atoms with van der Waals surface area (Å²) in [6.45, 7) is 0.519. The fourth-order valence-electron chi connectivity index (χ4n) is 3.53. The molecule has 4 rings (SSSR count). The van der Waals surface area contributed by atoms with Crippen LogP contribution in [0.3, 0.4) is 0 Å². The van der Waals surface area contributed by atoms with Crippen molar-refractivity contribution in [1.82, 2.24) is 4.90 Å². The van der Waals surface area contributed by atoms with Gasteiger partial charge in [0.05, 0.1) is 0 Å². The van der Waals surface area contributed by atoms with E-state index in [1.54, 1.807) is 35.2 Å². The van der Waals surface area contributed by atoms with Crippen LogP contribution in [0.4, 0.5) is 14.5 Å². The molecule has 0 aliphatic carbocycles. The molecule has 2 aromatic rings. The number of benzene rings is 2. The molecule has 2 aliphatic heterocycles. The quantitative estimate of drug-likeness (QED) is 0.740. The summed E-state index contributed by atoms with van der Waals surface area (Å²) in [6, 6.07) is 12.2. The summed E-state index contributed by atoms with van der Waals surface area (Å²) in [5.74, 6) is -2.50. The smallest absolute Gasteiger partial charge is 0.288 e. The van der Waals surface area contributed by atoms with Gasteiger partial charge < -0.3 is 10.2 Å². The van der Waals surface area contributed by atoms with Gasteiger partial charge in [-0.3, -0.25) is 4.79 Å². The SMILES string of the molecule is O=C(Nc1ccc(SC(F)F)cc1)[C@@H]1CCCN1C1=NS(=O)(=O)c2ccccc21. The number of alkyl halides is 2. The normalized spacial score (nSPS) is 19.9. The third kappa shape index (κ3) is 3.99. The van der Waals surface area contributed by atoms with Gasteiger partial charge in [0.15, 0.2) is 5.84 Å². The molecule has 0 radical (unpaired) electrons. The van der Waals surface area contributed by atoms with Gasteiger partial charge in [0, 0.05) is 22.7 Å². The van der Waals surface area contributed by atoms with Crippen molar-refractivity contribution in [3.05, 3.63) is 54.1 Å². The number of rotatable bonds is 4. The highest BCUT2D eigenvalue weighted by Crippen LogP contribution is 2.32. The van der Waals surface area contributed by atoms with E-state index in [1.165, 1.54) is 18.2 Å². The molecule has 1 amide bonds. The van der Waals surface area contributed by atoms with Crippen LogP contribution in [0.2, 0.25) is 0 Å². The molecular weight excluding hydrogens is 420 g/mol. The number of likely N-dealkylation sites (tertiary alicyclic amines) is 1. The summed E-state index contributed by atoms with van der Waals surface area (Å²) in [6.07, 6.45) is 1.29. The first kappa shape index (κ1) is 19.8. The summed E-state index contributed by atoms with van der Waals surface area (Å²) in [5, 5.41) is 2.78. The lowest BCUT2D eigenvalue weighted by Crippen LogP contribution is -2.43. The van der Waals surface area contributed by atoms with E-state index in [2.05, 4.69) is 9.71 Å². The van der Waals surface area contributed by atoms with Crippen LogP contribution in [0, 0.1) is 0 Å². The molecule has 29 heavy (non-hydrogen) atoms. The molecule has 1 fully saturated rings. The average Bonchev–Trinajstić information content (AvgIpc) is 3.26. The number of sulfonamides is 1. The number of hydrogen-bond acceptors (Lipinski definition) is 5. The number of nitrogens with zero attached hydrogens (tertiary/aromatic N) is 2. The minimum Gasteiger partial charge on any atom is -0.343 e. The van der Waals surface area contributed by atoms with E-state index < -0.39 is 21.8 Å². The van der Waals surface area contributed by atoms with Crippen molar-refractivity contribution < 1.29 is 22.0 Å². The molecule has 1 atom stereocenters. The van der Waals surface area contributed by atoms with Crippen molar-refractivity contribution in [2.24, 2.45) is 4.40 Å². The fraction of sp³-hybridized carbons (Fsp3) is 0.263. The van der Waals surface area contributed by atoms with E-state index in [-0.39, 0.29) is 10.8 Å². The molecule has 2 heterocycles. The van der Waals surface area contributed by atoms with Crippen LogP contribution in [0.1, 0.15) is 18.4 Å². The number of amidine groups is 1. The maximum Gasteiger partial charge on any atom is 0.288 e. The molecule has 2 aromatic carbocycles. The number of nitrogens with one attached hydrogen (secondary N) is 1. The molecule has 0 bridgehead atoms. The second-order valence-corrected chi connectivity index (χ2v) is 9.27. The summed E-state index contributed by atoms with van der Waals surface area (Å²) < 4.78 is 53.4. The molecule has 1 saturated heterocycles. The summed E-state index contributed by atoms with van der Waals surface area (Å²) in [5.41, 5.74) is 0.988. The van der Waals surface area contributed by atoms with Gasteiger partial charge in [0.1, 0.15) is 10.9 Å². The van der Waals surface area contributed by atoms with Crippen LogP contribution >= 0.6 is 11.8 Å². The van der Waals surface area contributed by atoms with Crippen LogP contribution in [-0.4, -0.2) is 43.4 Å². The maximum atomic E-state index is 12.8. The van der Waals surface area contributed by atoms with E-state index in [0.717, 1.165) is 6.42 Å². The van der Waals surface area contributed by atoms with Crippen molar-refractivity contribution in [2.75, 3.05) is 11.9 Å². The zero-order valence-corrected chi connectivity index (χ0v) is 16.7. The first-order valence-electron chi connectivity index (χ1n) is 8.92. The molecule has 10 heteroatoms. The molecular formula is C19H17F2N3O3S2. The Bertz CT molecular complexity index is 1070. The van der Waals surface area contributed by atoms with Gasteiger partial charge in [-0.05, 0) is 49.2 Å². The van der Waals surface area contributed by atoms with Crippen LogP contribution in [-0.2, 0) is 14.8 Å². The second kappa shape index (κ2) is 7.75. The minimum atomic E-state index is -3.76. The lowest BCUT2D eigenvalue weighted by atomic mass is 10.1. The number of halogens is 2. The van der Waals surface area contributed by atoms with Crippen molar-refractivity contribution in [1.29, 1.82) is 0 Å².